The molecule has 4 heterocycles. The van der Waals surface area contributed by atoms with E-state index in [1.807, 2.05) is 30.3 Å². The normalized spacial score (nSPS) is 22.8. The zero-order valence-corrected chi connectivity index (χ0v) is 20.9. The Morgan fingerprint density at radius 1 is 1.11 bits per heavy atom. The predicted octanol–water partition coefficient (Wildman–Crippen LogP) is 5.45. The number of hydrogen-bond donors (Lipinski definition) is 3. The lowest BCUT2D eigenvalue weighted by Crippen LogP contribution is -2.51. The van der Waals surface area contributed by atoms with Gasteiger partial charge in [-0.3, -0.25) is 9.36 Å². The summed E-state index contributed by atoms with van der Waals surface area (Å²) >= 11 is 6.12. The van der Waals surface area contributed by atoms with E-state index < -0.39 is 23.7 Å². The number of carboxylic acids is 1. The lowest BCUT2D eigenvalue weighted by molar-refractivity contribution is -0.148. The number of hydrogen-bond acceptors (Lipinski definition) is 6. The van der Waals surface area contributed by atoms with Gasteiger partial charge in [-0.2, -0.15) is 4.39 Å². The Morgan fingerprint density at radius 3 is 2.71 bits per heavy atom. The second-order valence-electron chi connectivity index (χ2n) is 10.1. The fraction of sp³-hybridized carbons (Fsp3) is 0.296. The Morgan fingerprint density at radius 2 is 1.89 bits per heavy atom. The molecule has 2 bridgehead atoms. The number of nitrogens with one attached hydrogen (secondary N) is 2. The summed E-state index contributed by atoms with van der Waals surface area (Å²) in [5.41, 5.74) is 2.24. The topological polar surface area (TPSA) is 122 Å². The van der Waals surface area contributed by atoms with Crippen LogP contribution in [0.2, 0.25) is 5.15 Å². The number of H-pyrrole nitrogens is 1. The molecule has 3 aliphatic rings. The Kier molecular flexibility index (Phi) is 5.33. The maximum Gasteiger partial charge on any atom is 0.308 e. The zero-order valence-electron chi connectivity index (χ0n) is 20.1. The Balaban J connectivity index is 1.41. The van der Waals surface area contributed by atoms with Gasteiger partial charge in [0.2, 0.25) is 5.82 Å². The number of aromatic nitrogens is 6. The molecule has 0 saturated heterocycles. The average molecular weight is 532 g/mol. The number of anilines is 1. The van der Waals surface area contributed by atoms with Crippen LogP contribution in [0.25, 0.3) is 39.3 Å². The van der Waals surface area contributed by atoms with Gasteiger partial charge in [0.15, 0.2) is 23.1 Å². The van der Waals surface area contributed by atoms with E-state index in [0.717, 1.165) is 36.6 Å². The van der Waals surface area contributed by atoms with E-state index in [2.05, 4.69) is 30.2 Å². The fourth-order valence-electron chi connectivity index (χ4n) is 6.29. The Hall–Kier alpha value is -4.05. The van der Waals surface area contributed by atoms with Crippen LogP contribution in [0, 0.1) is 23.6 Å². The molecule has 11 heteroatoms. The molecule has 3 aliphatic carbocycles. The minimum absolute atomic E-state index is 0.0316. The van der Waals surface area contributed by atoms with E-state index in [4.69, 9.17) is 11.6 Å². The lowest BCUT2D eigenvalue weighted by atomic mass is 9.61. The number of nitrogens with zero attached hydrogens (tertiary/aromatic N) is 5. The molecule has 3 fully saturated rings. The van der Waals surface area contributed by atoms with Crippen LogP contribution in [-0.4, -0.2) is 46.6 Å². The standard InChI is InChI=1S/C27H23ClFN7O2/c28-18-12-31-25-22(32-18)16(11-30-25)23-34-24(33-21-15-7-5-14(6-8-15)19(21)27(37)38)20(29)26(35-23)36-10-9-13-3-1-2-4-17(13)36/h1-4,9-12,14-15,19,21H,5-8H2,(H,30,31)(H,37,38)(H,33,34,35)/t14?,15?,19-,21-/m0/s1. The van der Waals surface area contributed by atoms with Crippen LogP contribution in [0.4, 0.5) is 10.2 Å². The van der Waals surface area contributed by atoms with Crippen molar-refractivity contribution in [3.8, 4) is 17.2 Å². The van der Waals surface area contributed by atoms with Crippen molar-refractivity contribution >= 4 is 45.5 Å². The third kappa shape index (κ3) is 3.62. The molecule has 3 N–H and O–H groups in total. The number of halogens is 2. The molecule has 8 rings (SSSR count). The first kappa shape index (κ1) is 23.1. The number of rotatable bonds is 5. The van der Waals surface area contributed by atoms with Crippen LogP contribution in [0.3, 0.4) is 0 Å². The maximum absolute atomic E-state index is 16.3. The fourth-order valence-corrected chi connectivity index (χ4v) is 6.42. The molecule has 4 aromatic heterocycles. The Bertz CT molecular complexity index is 1710. The highest BCUT2D eigenvalue weighted by molar-refractivity contribution is 6.29. The quantitative estimate of drug-likeness (QED) is 0.275. The van der Waals surface area contributed by atoms with Crippen LogP contribution < -0.4 is 5.32 Å². The van der Waals surface area contributed by atoms with Gasteiger partial charge in [-0.1, -0.05) is 29.8 Å². The van der Waals surface area contributed by atoms with Crippen LogP contribution in [0.5, 0.6) is 0 Å². The smallest absolute Gasteiger partial charge is 0.308 e. The van der Waals surface area contributed by atoms with Gasteiger partial charge >= 0.3 is 5.97 Å². The highest BCUT2D eigenvalue weighted by Crippen LogP contribution is 2.46. The molecule has 192 valence electrons. The second-order valence-corrected chi connectivity index (χ2v) is 10.5. The van der Waals surface area contributed by atoms with Gasteiger partial charge in [-0.25, -0.2) is 19.9 Å². The first-order valence-electron chi connectivity index (χ1n) is 12.6. The van der Waals surface area contributed by atoms with Crippen molar-refractivity contribution in [2.75, 3.05) is 5.32 Å². The van der Waals surface area contributed by atoms with Gasteiger partial charge in [0.05, 0.1) is 23.2 Å². The van der Waals surface area contributed by atoms with Crippen LogP contribution in [0.15, 0.2) is 48.9 Å². The van der Waals surface area contributed by atoms with Crippen LogP contribution in [-0.2, 0) is 4.79 Å². The summed E-state index contributed by atoms with van der Waals surface area (Å²) in [6, 6.07) is 9.09. The molecule has 0 unspecified atom stereocenters. The second kappa shape index (κ2) is 8.76. The van der Waals surface area contributed by atoms with Crippen molar-refractivity contribution in [1.29, 1.82) is 0 Å². The molecule has 3 saturated carbocycles. The molecule has 1 aromatic carbocycles. The van der Waals surface area contributed by atoms with E-state index in [1.165, 1.54) is 6.20 Å². The van der Waals surface area contributed by atoms with Crippen molar-refractivity contribution in [1.82, 2.24) is 29.5 Å². The predicted molar refractivity (Wildman–Crippen MR) is 141 cm³/mol. The van der Waals surface area contributed by atoms with Gasteiger partial charge in [0, 0.05) is 18.4 Å². The third-order valence-electron chi connectivity index (χ3n) is 8.06. The molecule has 2 atom stereocenters. The monoisotopic (exact) mass is 531 g/mol. The Labute approximate surface area is 221 Å². The van der Waals surface area contributed by atoms with E-state index in [9.17, 15) is 9.90 Å². The first-order valence-corrected chi connectivity index (χ1v) is 13.0. The van der Waals surface area contributed by atoms with Crippen molar-refractivity contribution in [2.24, 2.45) is 17.8 Å². The van der Waals surface area contributed by atoms with Crippen molar-refractivity contribution < 1.29 is 14.3 Å². The molecule has 9 nitrogen and oxygen atoms in total. The van der Waals surface area contributed by atoms with Crippen molar-refractivity contribution in [3.05, 3.63) is 59.9 Å². The number of aromatic amines is 1. The van der Waals surface area contributed by atoms with Crippen LogP contribution in [0.1, 0.15) is 25.7 Å². The molecule has 0 amide bonds. The zero-order chi connectivity index (χ0) is 26.0. The lowest BCUT2D eigenvalue weighted by Gasteiger charge is -2.47. The van der Waals surface area contributed by atoms with E-state index in [-0.39, 0.29) is 34.4 Å². The summed E-state index contributed by atoms with van der Waals surface area (Å²) in [6.45, 7) is 0. The summed E-state index contributed by atoms with van der Waals surface area (Å²) in [5, 5.41) is 14.4. The van der Waals surface area contributed by atoms with Crippen molar-refractivity contribution in [2.45, 2.75) is 31.7 Å². The average Bonchev–Trinajstić information content (AvgIpc) is 3.54. The number of fused-ring (bicyclic) bond motifs is 5. The molecular formula is C27H23ClFN7O2. The SMILES string of the molecule is O=C(O)[C@H]1C2CCC(CC2)[C@@H]1Nc1nc(-c2c[nH]c3ncc(Cl)nc23)nc(-n2ccc3ccccc32)c1F. The highest BCUT2D eigenvalue weighted by atomic mass is 35.5. The van der Waals surface area contributed by atoms with E-state index in [1.54, 1.807) is 17.0 Å². The minimum Gasteiger partial charge on any atom is -0.481 e. The number of para-hydroxylation sites is 1. The maximum atomic E-state index is 16.3. The largest absolute Gasteiger partial charge is 0.481 e. The summed E-state index contributed by atoms with van der Waals surface area (Å²) < 4.78 is 18.0. The summed E-state index contributed by atoms with van der Waals surface area (Å²) in [7, 11) is 0. The molecule has 38 heavy (non-hydrogen) atoms. The van der Waals surface area contributed by atoms with Gasteiger partial charge in [-0.15, -0.1) is 0 Å². The summed E-state index contributed by atoms with van der Waals surface area (Å²) in [6.07, 6.45) is 8.45. The molecule has 5 aromatic rings. The van der Waals surface area contributed by atoms with Gasteiger partial charge in [-0.05, 0) is 55.0 Å². The van der Waals surface area contributed by atoms with Gasteiger partial charge in [0.1, 0.15) is 10.7 Å². The highest BCUT2D eigenvalue weighted by Gasteiger charge is 2.47. The third-order valence-corrected chi connectivity index (χ3v) is 8.24. The number of carbonyl (C=O) groups is 1. The first-order chi connectivity index (χ1) is 18.5. The van der Waals surface area contributed by atoms with Gasteiger partial charge < -0.3 is 15.4 Å². The minimum atomic E-state index is -0.857. The van der Waals surface area contributed by atoms with Crippen LogP contribution >= 0.6 is 11.6 Å². The van der Waals surface area contributed by atoms with E-state index in [0.29, 0.717) is 16.7 Å². The molecule has 0 radical (unpaired) electrons. The van der Waals surface area contributed by atoms with Gasteiger partial charge in [0.25, 0.3) is 0 Å². The number of benzene rings is 1. The van der Waals surface area contributed by atoms with Crippen molar-refractivity contribution in [3.63, 3.8) is 0 Å². The number of aliphatic carboxylic acids is 1. The van der Waals surface area contributed by atoms with E-state index >= 15 is 4.39 Å². The molecular weight excluding hydrogens is 509 g/mol. The molecule has 0 spiro atoms. The molecule has 0 aliphatic heterocycles. The summed E-state index contributed by atoms with van der Waals surface area (Å²) in [5.74, 6) is -1.67. The summed E-state index contributed by atoms with van der Waals surface area (Å²) in [4.78, 5) is 33.2. The number of carboxylic acid groups (broad SMARTS) is 1.